The van der Waals surface area contributed by atoms with Crippen molar-refractivity contribution in [2.24, 2.45) is 11.3 Å². The smallest absolute Gasteiger partial charge is 0.338 e. The van der Waals surface area contributed by atoms with Crippen LogP contribution in [-0.2, 0) is 11.0 Å². The zero-order valence-electron chi connectivity index (χ0n) is 14.4. The Bertz CT molecular complexity index is 749. The van der Waals surface area contributed by atoms with Crippen molar-refractivity contribution < 1.29 is 22.8 Å². The van der Waals surface area contributed by atoms with E-state index in [1.54, 1.807) is 11.0 Å². The van der Waals surface area contributed by atoms with E-state index in [2.05, 4.69) is 11.6 Å². The number of aromatic nitrogens is 1. The lowest BCUT2D eigenvalue weighted by Crippen LogP contribution is -2.40. The van der Waals surface area contributed by atoms with Crippen LogP contribution < -0.4 is 0 Å². The minimum atomic E-state index is -4.61. The third-order valence-corrected chi connectivity index (χ3v) is 5.39. The molecule has 0 aromatic carbocycles. The predicted molar refractivity (Wildman–Crippen MR) is 88.1 cm³/mol. The molecule has 2 saturated heterocycles. The molecule has 2 amide bonds. The Kier molecular flexibility index (Phi) is 4.54. The summed E-state index contributed by atoms with van der Waals surface area (Å²) < 4.78 is 38.5. The zero-order chi connectivity index (χ0) is 19.1. The molecule has 3 rings (SSSR count). The van der Waals surface area contributed by atoms with Gasteiger partial charge in [0.1, 0.15) is 5.69 Å². The van der Waals surface area contributed by atoms with Gasteiger partial charge in [-0.15, -0.1) is 6.58 Å². The summed E-state index contributed by atoms with van der Waals surface area (Å²) in [6, 6.07) is 2.03. The average molecular weight is 367 g/mol. The molecule has 2 atom stereocenters. The molecule has 2 fully saturated rings. The van der Waals surface area contributed by atoms with Gasteiger partial charge in [-0.05, 0) is 24.5 Å². The Morgan fingerprint density at radius 3 is 2.88 bits per heavy atom. The molecule has 3 heterocycles. The Balaban J connectivity index is 1.81. The van der Waals surface area contributed by atoms with Crippen LogP contribution in [-0.4, -0.2) is 52.8 Å². The van der Waals surface area contributed by atoms with Gasteiger partial charge >= 0.3 is 6.18 Å². The second-order valence-electron chi connectivity index (χ2n) is 6.96. The second kappa shape index (κ2) is 6.41. The molecule has 1 aromatic heterocycles. The maximum absolute atomic E-state index is 12.8. The van der Waals surface area contributed by atoms with Gasteiger partial charge in [-0.2, -0.15) is 13.2 Å². The lowest BCUT2D eigenvalue weighted by molar-refractivity contribution is -0.141. The fraction of sp³-hybridized carbons (Fsp3) is 0.500. The zero-order valence-corrected chi connectivity index (χ0v) is 14.4. The number of halogens is 3. The number of hydrogen-bond donors (Lipinski definition) is 0. The van der Waals surface area contributed by atoms with Gasteiger partial charge in [0.25, 0.3) is 5.91 Å². The van der Waals surface area contributed by atoms with Crippen molar-refractivity contribution in [3.05, 3.63) is 42.2 Å². The predicted octanol–water partition coefficient (Wildman–Crippen LogP) is 2.60. The highest BCUT2D eigenvalue weighted by atomic mass is 19.4. The van der Waals surface area contributed by atoms with Crippen molar-refractivity contribution in [2.45, 2.75) is 19.5 Å². The Hall–Kier alpha value is -2.38. The van der Waals surface area contributed by atoms with E-state index in [1.165, 1.54) is 11.0 Å². The summed E-state index contributed by atoms with van der Waals surface area (Å²) in [5.74, 6) is -0.569. The van der Waals surface area contributed by atoms with Crippen molar-refractivity contribution >= 4 is 11.8 Å². The van der Waals surface area contributed by atoms with Gasteiger partial charge < -0.3 is 9.80 Å². The molecule has 140 valence electrons. The molecule has 0 aliphatic carbocycles. The van der Waals surface area contributed by atoms with Crippen molar-refractivity contribution in [3.8, 4) is 0 Å². The molecule has 0 N–H and O–H groups in total. The lowest BCUT2D eigenvalue weighted by atomic mass is 9.78. The van der Waals surface area contributed by atoms with Crippen molar-refractivity contribution in [3.63, 3.8) is 0 Å². The van der Waals surface area contributed by atoms with E-state index in [0.717, 1.165) is 12.3 Å². The minimum Gasteiger partial charge on any atom is -0.338 e. The van der Waals surface area contributed by atoms with Gasteiger partial charge in [0.05, 0.1) is 5.41 Å². The Morgan fingerprint density at radius 2 is 2.23 bits per heavy atom. The first-order valence-electron chi connectivity index (χ1n) is 8.42. The number of nitrogens with zero attached hydrogens (tertiary/aromatic N) is 3. The fourth-order valence-electron chi connectivity index (χ4n) is 3.91. The molecule has 26 heavy (non-hydrogen) atoms. The second-order valence-corrected chi connectivity index (χ2v) is 6.96. The van der Waals surface area contributed by atoms with Gasteiger partial charge in [0.15, 0.2) is 0 Å². The molecule has 0 saturated carbocycles. The number of hydrogen-bond acceptors (Lipinski definition) is 3. The van der Waals surface area contributed by atoms with E-state index < -0.39 is 23.2 Å². The van der Waals surface area contributed by atoms with Gasteiger partial charge in [-0.25, -0.2) is 0 Å². The maximum Gasteiger partial charge on any atom is 0.433 e. The molecule has 8 heteroatoms. The van der Waals surface area contributed by atoms with Crippen molar-refractivity contribution in [2.75, 3.05) is 26.2 Å². The van der Waals surface area contributed by atoms with E-state index in [-0.39, 0.29) is 23.9 Å². The van der Waals surface area contributed by atoms with E-state index in [1.807, 2.05) is 6.92 Å². The molecule has 2 aliphatic heterocycles. The van der Waals surface area contributed by atoms with Crippen LogP contribution in [0.5, 0.6) is 0 Å². The first-order chi connectivity index (χ1) is 12.2. The summed E-state index contributed by atoms with van der Waals surface area (Å²) in [5.41, 5.74) is -1.82. The molecule has 0 radical (unpaired) electrons. The number of pyridine rings is 1. The molecule has 1 aromatic rings. The van der Waals surface area contributed by atoms with Crippen LogP contribution in [0, 0.1) is 11.3 Å². The molecule has 0 unspecified atom stereocenters. The average Bonchev–Trinajstić information content (AvgIpc) is 3.09. The van der Waals surface area contributed by atoms with Gasteiger partial charge in [-0.3, -0.25) is 14.6 Å². The lowest BCUT2D eigenvalue weighted by Gasteiger charge is -2.26. The van der Waals surface area contributed by atoms with Gasteiger partial charge in [-0.1, -0.05) is 13.0 Å². The van der Waals surface area contributed by atoms with Crippen LogP contribution in [0.3, 0.4) is 0 Å². The van der Waals surface area contributed by atoms with Gasteiger partial charge in [0, 0.05) is 37.9 Å². The quantitative estimate of drug-likeness (QED) is 0.772. The van der Waals surface area contributed by atoms with E-state index in [0.29, 0.717) is 26.1 Å². The molecule has 1 spiro atoms. The van der Waals surface area contributed by atoms with Crippen LogP contribution in [0.25, 0.3) is 0 Å². The standard InChI is InChI=1S/C18H20F3N3O2/c1-3-7-23-8-5-17(16(23)26)11-24(10-12(17)2)15(25)13-4-6-22-14(9-13)18(19,20)21/h3-4,6,9,12H,1,5,7-8,10-11H2,2H3/t12-,17-/m1/s1. The van der Waals surface area contributed by atoms with Crippen LogP contribution in [0.2, 0.25) is 0 Å². The topological polar surface area (TPSA) is 53.5 Å². The minimum absolute atomic E-state index is 0.00842. The summed E-state index contributed by atoms with van der Waals surface area (Å²) >= 11 is 0. The third kappa shape index (κ3) is 2.97. The summed E-state index contributed by atoms with van der Waals surface area (Å²) in [7, 11) is 0. The SMILES string of the molecule is C=CCN1CC[C@]2(CN(C(=O)c3ccnc(C(F)(F)F)c3)C[C@H]2C)C1=O. The van der Waals surface area contributed by atoms with E-state index >= 15 is 0 Å². The first-order valence-corrected chi connectivity index (χ1v) is 8.42. The fourth-order valence-corrected chi connectivity index (χ4v) is 3.91. The normalized spacial score (nSPS) is 26.0. The highest BCUT2D eigenvalue weighted by Gasteiger charge is 2.55. The number of rotatable bonds is 3. The number of likely N-dealkylation sites (tertiary alicyclic amines) is 2. The maximum atomic E-state index is 12.8. The molecule has 0 bridgehead atoms. The summed E-state index contributed by atoms with van der Waals surface area (Å²) in [6.45, 7) is 7.19. The van der Waals surface area contributed by atoms with Gasteiger partial charge in [0.2, 0.25) is 5.91 Å². The third-order valence-electron chi connectivity index (χ3n) is 5.39. The number of carbonyl (C=O) groups is 2. The highest BCUT2D eigenvalue weighted by molar-refractivity contribution is 5.96. The number of carbonyl (C=O) groups excluding carboxylic acids is 2. The van der Waals surface area contributed by atoms with Crippen molar-refractivity contribution in [1.29, 1.82) is 0 Å². The summed E-state index contributed by atoms with van der Waals surface area (Å²) in [6.07, 6.45) is -1.33. The highest BCUT2D eigenvalue weighted by Crippen LogP contribution is 2.45. The van der Waals surface area contributed by atoms with Crippen LogP contribution in [0.4, 0.5) is 13.2 Å². The Labute approximate surface area is 149 Å². The Morgan fingerprint density at radius 1 is 1.50 bits per heavy atom. The summed E-state index contributed by atoms with van der Waals surface area (Å²) in [5, 5.41) is 0. The molecule has 2 aliphatic rings. The van der Waals surface area contributed by atoms with E-state index in [9.17, 15) is 22.8 Å². The molecular formula is C18H20F3N3O2. The van der Waals surface area contributed by atoms with E-state index in [4.69, 9.17) is 0 Å². The van der Waals surface area contributed by atoms with Crippen molar-refractivity contribution in [1.82, 2.24) is 14.8 Å². The van der Waals surface area contributed by atoms with Crippen LogP contribution in [0.1, 0.15) is 29.4 Å². The summed E-state index contributed by atoms with van der Waals surface area (Å²) in [4.78, 5) is 32.0. The van der Waals surface area contributed by atoms with Crippen LogP contribution >= 0.6 is 0 Å². The molecule has 5 nitrogen and oxygen atoms in total. The monoisotopic (exact) mass is 367 g/mol. The van der Waals surface area contributed by atoms with Crippen LogP contribution in [0.15, 0.2) is 31.0 Å². The number of alkyl halides is 3. The first kappa shape index (κ1) is 18.4. The largest absolute Gasteiger partial charge is 0.433 e. The number of amides is 2. The molecular weight excluding hydrogens is 347 g/mol.